The fourth-order valence-electron chi connectivity index (χ4n) is 4.50. The maximum absolute atomic E-state index is 5.89. The lowest BCUT2D eigenvalue weighted by molar-refractivity contribution is -0.148. The van der Waals surface area contributed by atoms with Crippen molar-refractivity contribution in [1.82, 2.24) is 4.90 Å². The van der Waals surface area contributed by atoms with Gasteiger partial charge >= 0.3 is 0 Å². The second-order valence-corrected chi connectivity index (χ2v) is 7.75. The third-order valence-electron chi connectivity index (χ3n) is 5.76. The molecule has 0 amide bonds. The Morgan fingerprint density at radius 2 is 1.27 bits per heavy atom. The van der Waals surface area contributed by atoms with Gasteiger partial charge in [-0.3, -0.25) is 4.90 Å². The Kier molecular flexibility index (Phi) is 6.96. The Bertz CT molecular complexity index is 889. The van der Waals surface area contributed by atoms with Crippen molar-refractivity contribution in [3.8, 4) is 11.1 Å². The van der Waals surface area contributed by atoms with E-state index in [-0.39, 0.29) is 6.29 Å². The highest BCUT2D eigenvalue weighted by Crippen LogP contribution is 2.44. The minimum Gasteiger partial charge on any atom is -0.352 e. The Balaban J connectivity index is 1.62. The Morgan fingerprint density at radius 1 is 0.733 bits per heavy atom. The molecule has 0 atom stereocenters. The number of benzene rings is 3. The highest BCUT2D eigenvalue weighted by atomic mass is 16.7. The van der Waals surface area contributed by atoms with Crippen LogP contribution in [0.1, 0.15) is 36.5 Å². The van der Waals surface area contributed by atoms with Gasteiger partial charge in [0.1, 0.15) is 0 Å². The zero-order valence-electron chi connectivity index (χ0n) is 18.0. The maximum atomic E-state index is 5.89. The smallest absolute Gasteiger partial charge is 0.170 e. The first-order valence-electron chi connectivity index (χ1n) is 11.0. The largest absolute Gasteiger partial charge is 0.352 e. The predicted octanol–water partition coefficient (Wildman–Crippen LogP) is 5.70. The van der Waals surface area contributed by atoms with E-state index in [1.165, 1.54) is 27.8 Å². The molecule has 4 rings (SSSR count). The van der Waals surface area contributed by atoms with Crippen molar-refractivity contribution in [2.45, 2.75) is 32.6 Å². The fourth-order valence-corrected chi connectivity index (χ4v) is 4.50. The van der Waals surface area contributed by atoms with Crippen LogP contribution in [0.5, 0.6) is 0 Å². The molecule has 3 aromatic rings. The van der Waals surface area contributed by atoms with Gasteiger partial charge in [0.25, 0.3) is 0 Å². The highest BCUT2D eigenvalue weighted by molar-refractivity contribution is 5.78. The minimum atomic E-state index is -0.212. The lowest BCUT2D eigenvalue weighted by atomic mass is 9.96. The molecule has 0 saturated heterocycles. The molecule has 0 bridgehead atoms. The highest BCUT2D eigenvalue weighted by Gasteiger charge is 2.30. The van der Waals surface area contributed by atoms with E-state index >= 15 is 0 Å². The average molecular weight is 402 g/mol. The van der Waals surface area contributed by atoms with E-state index in [4.69, 9.17) is 9.47 Å². The summed E-state index contributed by atoms with van der Waals surface area (Å²) in [6, 6.07) is 28.3. The standard InChI is InChI=1S/C27H31NO2/c1-3-29-27(30-4-2)20-28(18-21-12-6-5-7-13-21)19-26-24-16-10-8-14-22(24)23-15-9-11-17-25(23)26/h5-17,26-27H,3-4,18-20H2,1-2H3. The summed E-state index contributed by atoms with van der Waals surface area (Å²) in [4.78, 5) is 2.48. The molecule has 0 N–H and O–H groups in total. The second-order valence-electron chi connectivity index (χ2n) is 7.75. The van der Waals surface area contributed by atoms with Crippen LogP contribution in [0, 0.1) is 0 Å². The summed E-state index contributed by atoms with van der Waals surface area (Å²) in [5, 5.41) is 0. The third kappa shape index (κ3) is 4.65. The molecule has 0 aromatic heterocycles. The van der Waals surface area contributed by atoms with Gasteiger partial charge in [-0.05, 0) is 41.7 Å². The number of nitrogens with zero attached hydrogens (tertiary/aromatic N) is 1. The molecule has 0 saturated carbocycles. The second kappa shape index (κ2) is 10.0. The van der Waals surface area contributed by atoms with Gasteiger partial charge in [-0.25, -0.2) is 0 Å². The summed E-state index contributed by atoms with van der Waals surface area (Å²) in [6.07, 6.45) is -0.212. The molecule has 3 nitrogen and oxygen atoms in total. The van der Waals surface area contributed by atoms with Crippen molar-refractivity contribution in [3.05, 3.63) is 95.6 Å². The molecule has 3 aromatic carbocycles. The van der Waals surface area contributed by atoms with Gasteiger partial charge in [0.15, 0.2) is 6.29 Å². The van der Waals surface area contributed by atoms with Crippen LogP contribution in [-0.2, 0) is 16.0 Å². The van der Waals surface area contributed by atoms with Gasteiger partial charge in [0.2, 0.25) is 0 Å². The molecule has 156 valence electrons. The van der Waals surface area contributed by atoms with Crippen molar-refractivity contribution < 1.29 is 9.47 Å². The zero-order chi connectivity index (χ0) is 20.8. The van der Waals surface area contributed by atoms with E-state index in [2.05, 4.69) is 83.8 Å². The SMILES string of the molecule is CCOC(CN(Cc1ccccc1)CC1c2ccccc2-c2ccccc21)OCC. The first-order valence-corrected chi connectivity index (χ1v) is 11.0. The van der Waals surface area contributed by atoms with Crippen LogP contribution in [0.2, 0.25) is 0 Å². The molecule has 30 heavy (non-hydrogen) atoms. The van der Waals surface area contributed by atoms with Crippen molar-refractivity contribution >= 4 is 0 Å². The summed E-state index contributed by atoms with van der Waals surface area (Å²) in [6.45, 7) is 7.90. The van der Waals surface area contributed by atoms with Crippen LogP contribution >= 0.6 is 0 Å². The Labute approximate surface area is 180 Å². The third-order valence-corrected chi connectivity index (χ3v) is 5.76. The van der Waals surface area contributed by atoms with Crippen LogP contribution in [-0.4, -0.2) is 37.5 Å². The summed E-state index contributed by atoms with van der Waals surface area (Å²) < 4.78 is 11.8. The first kappa shape index (κ1) is 20.8. The summed E-state index contributed by atoms with van der Waals surface area (Å²) in [7, 11) is 0. The van der Waals surface area contributed by atoms with Gasteiger partial charge < -0.3 is 9.47 Å². The normalized spacial score (nSPS) is 13.1. The molecule has 0 fully saturated rings. The molecule has 0 spiro atoms. The van der Waals surface area contributed by atoms with E-state index in [1.807, 2.05) is 13.8 Å². The molecule has 0 aliphatic heterocycles. The first-order chi connectivity index (χ1) is 14.8. The molecule has 1 aliphatic rings. The van der Waals surface area contributed by atoms with Crippen molar-refractivity contribution in [2.24, 2.45) is 0 Å². The van der Waals surface area contributed by atoms with E-state index in [9.17, 15) is 0 Å². The molecule has 0 heterocycles. The molecular weight excluding hydrogens is 370 g/mol. The molecule has 3 heteroatoms. The average Bonchev–Trinajstić information content (AvgIpc) is 3.09. The summed E-state index contributed by atoms with van der Waals surface area (Å²) >= 11 is 0. The summed E-state index contributed by atoms with van der Waals surface area (Å²) in [5.74, 6) is 0.352. The lowest BCUT2D eigenvalue weighted by Gasteiger charge is -2.30. The van der Waals surface area contributed by atoms with Crippen LogP contribution < -0.4 is 0 Å². The van der Waals surface area contributed by atoms with E-state index in [0.29, 0.717) is 19.1 Å². The van der Waals surface area contributed by atoms with Crippen LogP contribution in [0.3, 0.4) is 0 Å². The van der Waals surface area contributed by atoms with Crippen LogP contribution in [0.4, 0.5) is 0 Å². The minimum absolute atomic E-state index is 0.212. The van der Waals surface area contributed by atoms with E-state index in [1.54, 1.807) is 0 Å². The molecular formula is C27H31NO2. The Morgan fingerprint density at radius 3 is 1.83 bits per heavy atom. The number of ether oxygens (including phenoxy) is 2. The summed E-state index contributed by atoms with van der Waals surface area (Å²) in [5.41, 5.74) is 6.87. The van der Waals surface area contributed by atoms with Gasteiger partial charge in [-0.1, -0.05) is 78.9 Å². The molecule has 0 radical (unpaired) electrons. The Hall–Kier alpha value is -2.46. The maximum Gasteiger partial charge on any atom is 0.170 e. The number of rotatable bonds is 10. The topological polar surface area (TPSA) is 21.7 Å². The van der Waals surface area contributed by atoms with Gasteiger partial charge in [-0.15, -0.1) is 0 Å². The number of fused-ring (bicyclic) bond motifs is 3. The van der Waals surface area contributed by atoms with Gasteiger partial charge in [0.05, 0.1) is 0 Å². The fraction of sp³-hybridized carbons (Fsp3) is 0.333. The van der Waals surface area contributed by atoms with Crippen LogP contribution in [0.15, 0.2) is 78.9 Å². The van der Waals surface area contributed by atoms with Gasteiger partial charge in [0, 0.05) is 38.8 Å². The predicted molar refractivity (Wildman–Crippen MR) is 122 cm³/mol. The molecule has 0 unspecified atom stereocenters. The van der Waals surface area contributed by atoms with Crippen LogP contribution in [0.25, 0.3) is 11.1 Å². The van der Waals surface area contributed by atoms with E-state index in [0.717, 1.165) is 19.6 Å². The zero-order valence-corrected chi connectivity index (χ0v) is 18.0. The quantitative estimate of drug-likeness (QED) is 0.407. The van der Waals surface area contributed by atoms with Crippen molar-refractivity contribution in [3.63, 3.8) is 0 Å². The van der Waals surface area contributed by atoms with Crippen molar-refractivity contribution in [1.29, 1.82) is 0 Å². The molecule has 1 aliphatic carbocycles. The van der Waals surface area contributed by atoms with E-state index < -0.39 is 0 Å². The monoisotopic (exact) mass is 401 g/mol. The number of hydrogen-bond acceptors (Lipinski definition) is 3. The lowest BCUT2D eigenvalue weighted by Crippen LogP contribution is -2.37. The van der Waals surface area contributed by atoms with Crippen molar-refractivity contribution in [2.75, 3.05) is 26.3 Å². The van der Waals surface area contributed by atoms with Gasteiger partial charge in [-0.2, -0.15) is 0 Å². The number of hydrogen-bond donors (Lipinski definition) is 0.